The molecule has 5 nitrogen and oxygen atoms in total. The van der Waals surface area contributed by atoms with Crippen molar-refractivity contribution in [1.29, 1.82) is 0 Å². The predicted octanol–water partition coefficient (Wildman–Crippen LogP) is 3.67. The lowest BCUT2D eigenvalue weighted by Crippen LogP contribution is -2.01. The van der Waals surface area contributed by atoms with Crippen LogP contribution >= 0.6 is 15.9 Å². The van der Waals surface area contributed by atoms with Gasteiger partial charge in [-0.15, -0.1) is 0 Å². The van der Waals surface area contributed by atoms with Gasteiger partial charge in [0.05, 0.1) is 10.6 Å². The molecule has 0 aliphatic heterocycles. The number of nitrogens with one attached hydrogen (secondary N) is 1. The zero-order chi connectivity index (χ0) is 13.8. The Balaban J connectivity index is 2.12. The van der Waals surface area contributed by atoms with Gasteiger partial charge in [0, 0.05) is 35.0 Å². The summed E-state index contributed by atoms with van der Waals surface area (Å²) in [5, 5.41) is 13.9. The Morgan fingerprint density at radius 2 is 2.16 bits per heavy atom. The highest BCUT2D eigenvalue weighted by atomic mass is 79.9. The second kappa shape index (κ2) is 5.79. The molecule has 6 heteroatoms. The average molecular weight is 322 g/mol. The lowest BCUT2D eigenvalue weighted by atomic mass is 10.2. The SMILES string of the molecule is Cc1ccc(CNc2cc([N+](=O)[O-])ccc2Br)cn1. The van der Waals surface area contributed by atoms with Crippen molar-refractivity contribution in [2.45, 2.75) is 13.5 Å². The molecular weight excluding hydrogens is 310 g/mol. The highest BCUT2D eigenvalue weighted by Gasteiger charge is 2.09. The summed E-state index contributed by atoms with van der Waals surface area (Å²) in [6, 6.07) is 8.53. The zero-order valence-electron chi connectivity index (χ0n) is 10.3. The number of hydrogen-bond donors (Lipinski definition) is 1. The van der Waals surface area contributed by atoms with Gasteiger partial charge in [0.25, 0.3) is 5.69 Å². The van der Waals surface area contributed by atoms with Crippen LogP contribution in [0.3, 0.4) is 0 Å². The van der Waals surface area contributed by atoms with E-state index < -0.39 is 4.92 Å². The number of aryl methyl sites for hydroxylation is 1. The molecule has 0 atom stereocenters. The topological polar surface area (TPSA) is 68.1 Å². The van der Waals surface area contributed by atoms with Crippen molar-refractivity contribution >= 4 is 27.3 Å². The molecule has 0 unspecified atom stereocenters. The first-order valence-electron chi connectivity index (χ1n) is 5.65. The van der Waals surface area contributed by atoms with Gasteiger partial charge in [-0.1, -0.05) is 6.07 Å². The Kier molecular flexibility index (Phi) is 4.11. The fourth-order valence-corrected chi connectivity index (χ4v) is 1.95. The van der Waals surface area contributed by atoms with Crippen LogP contribution in [0.1, 0.15) is 11.3 Å². The van der Waals surface area contributed by atoms with Crippen molar-refractivity contribution < 1.29 is 4.92 Å². The average Bonchev–Trinajstić information content (AvgIpc) is 2.39. The van der Waals surface area contributed by atoms with Gasteiger partial charge in [-0.05, 0) is 40.5 Å². The molecule has 0 amide bonds. The molecule has 98 valence electrons. The van der Waals surface area contributed by atoms with E-state index in [4.69, 9.17) is 0 Å². The Hall–Kier alpha value is -1.95. The smallest absolute Gasteiger partial charge is 0.271 e. The highest BCUT2D eigenvalue weighted by molar-refractivity contribution is 9.10. The third-order valence-corrected chi connectivity index (χ3v) is 3.31. The summed E-state index contributed by atoms with van der Waals surface area (Å²) in [6.45, 7) is 2.49. The van der Waals surface area contributed by atoms with E-state index in [0.29, 0.717) is 12.2 Å². The maximum Gasteiger partial charge on any atom is 0.271 e. The summed E-state index contributed by atoms with van der Waals surface area (Å²) in [5.74, 6) is 0. The molecular formula is C13H12BrN3O2. The number of nitro benzene ring substituents is 1. The second-order valence-electron chi connectivity index (χ2n) is 4.08. The molecule has 0 saturated heterocycles. The lowest BCUT2D eigenvalue weighted by molar-refractivity contribution is -0.384. The maximum absolute atomic E-state index is 10.7. The number of halogens is 1. The number of pyridine rings is 1. The number of non-ortho nitro benzene ring substituents is 1. The molecule has 1 heterocycles. The summed E-state index contributed by atoms with van der Waals surface area (Å²) in [7, 11) is 0. The van der Waals surface area contributed by atoms with Crippen LogP contribution < -0.4 is 5.32 Å². The van der Waals surface area contributed by atoms with Crippen molar-refractivity contribution in [3.8, 4) is 0 Å². The Labute approximate surface area is 119 Å². The van der Waals surface area contributed by atoms with Crippen LogP contribution in [-0.2, 0) is 6.54 Å². The molecule has 0 radical (unpaired) electrons. The highest BCUT2D eigenvalue weighted by Crippen LogP contribution is 2.27. The molecule has 1 aromatic heterocycles. The number of nitro groups is 1. The van der Waals surface area contributed by atoms with E-state index in [2.05, 4.69) is 26.2 Å². The monoisotopic (exact) mass is 321 g/mol. The first kappa shape index (κ1) is 13.5. The van der Waals surface area contributed by atoms with Crippen molar-refractivity contribution in [3.63, 3.8) is 0 Å². The van der Waals surface area contributed by atoms with Gasteiger partial charge < -0.3 is 5.32 Å². The number of aromatic nitrogens is 1. The molecule has 1 aromatic carbocycles. The minimum atomic E-state index is -0.412. The zero-order valence-corrected chi connectivity index (χ0v) is 11.8. The van der Waals surface area contributed by atoms with E-state index in [-0.39, 0.29) is 5.69 Å². The largest absolute Gasteiger partial charge is 0.380 e. The minimum absolute atomic E-state index is 0.0627. The van der Waals surface area contributed by atoms with Crippen molar-refractivity contribution in [2.75, 3.05) is 5.32 Å². The van der Waals surface area contributed by atoms with E-state index in [1.54, 1.807) is 12.3 Å². The molecule has 0 aliphatic carbocycles. The third kappa shape index (κ3) is 3.51. The normalized spacial score (nSPS) is 10.2. The van der Waals surface area contributed by atoms with Gasteiger partial charge in [0.1, 0.15) is 0 Å². The number of anilines is 1. The number of benzene rings is 1. The van der Waals surface area contributed by atoms with Gasteiger partial charge >= 0.3 is 0 Å². The Bertz CT molecular complexity index is 599. The van der Waals surface area contributed by atoms with Crippen LogP contribution in [0, 0.1) is 17.0 Å². The van der Waals surface area contributed by atoms with E-state index in [1.807, 2.05) is 19.1 Å². The first-order valence-corrected chi connectivity index (χ1v) is 6.45. The van der Waals surface area contributed by atoms with Crippen LogP contribution in [0.4, 0.5) is 11.4 Å². The van der Waals surface area contributed by atoms with Gasteiger partial charge in [-0.3, -0.25) is 15.1 Å². The lowest BCUT2D eigenvalue weighted by Gasteiger charge is -2.08. The molecule has 2 aromatic rings. The summed E-state index contributed by atoms with van der Waals surface area (Å²) in [5.41, 5.74) is 2.73. The molecule has 0 fully saturated rings. The summed E-state index contributed by atoms with van der Waals surface area (Å²) < 4.78 is 0.790. The molecule has 1 N–H and O–H groups in total. The second-order valence-corrected chi connectivity index (χ2v) is 4.94. The van der Waals surface area contributed by atoms with Crippen molar-refractivity contribution in [3.05, 3.63) is 62.4 Å². The van der Waals surface area contributed by atoms with Crippen LogP contribution in [0.15, 0.2) is 41.0 Å². The van der Waals surface area contributed by atoms with E-state index in [0.717, 1.165) is 15.7 Å². The molecule has 2 rings (SSSR count). The Morgan fingerprint density at radius 1 is 1.37 bits per heavy atom. The molecule has 0 spiro atoms. The maximum atomic E-state index is 10.7. The summed E-state index contributed by atoms with van der Waals surface area (Å²) >= 11 is 3.36. The van der Waals surface area contributed by atoms with Crippen LogP contribution in [0.2, 0.25) is 0 Å². The van der Waals surface area contributed by atoms with E-state index in [1.165, 1.54) is 12.1 Å². The molecule has 19 heavy (non-hydrogen) atoms. The van der Waals surface area contributed by atoms with Crippen molar-refractivity contribution in [1.82, 2.24) is 4.98 Å². The quantitative estimate of drug-likeness (QED) is 0.689. The summed E-state index contributed by atoms with van der Waals surface area (Å²) in [4.78, 5) is 14.5. The number of nitrogens with zero attached hydrogens (tertiary/aromatic N) is 2. The standard InChI is InChI=1S/C13H12BrN3O2/c1-9-2-3-10(7-15-9)8-16-13-6-11(17(18)19)4-5-12(13)14/h2-7,16H,8H2,1H3. The minimum Gasteiger partial charge on any atom is -0.380 e. The number of hydrogen-bond acceptors (Lipinski definition) is 4. The molecule has 0 aliphatic rings. The van der Waals surface area contributed by atoms with E-state index >= 15 is 0 Å². The van der Waals surface area contributed by atoms with Crippen molar-refractivity contribution in [2.24, 2.45) is 0 Å². The Morgan fingerprint density at radius 3 is 2.79 bits per heavy atom. The van der Waals surface area contributed by atoms with E-state index in [9.17, 15) is 10.1 Å². The fraction of sp³-hybridized carbons (Fsp3) is 0.154. The number of rotatable bonds is 4. The van der Waals surface area contributed by atoms with Crippen LogP contribution in [0.5, 0.6) is 0 Å². The van der Waals surface area contributed by atoms with Gasteiger partial charge in [0.15, 0.2) is 0 Å². The fourth-order valence-electron chi connectivity index (χ4n) is 1.56. The first-order chi connectivity index (χ1) is 9.06. The molecule has 0 saturated carbocycles. The van der Waals surface area contributed by atoms with Gasteiger partial charge in [-0.25, -0.2) is 0 Å². The van der Waals surface area contributed by atoms with Gasteiger partial charge in [-0.2, -0.15) is 0 Å². The van der Waals surface area contributed by atoms with Crippen LogP contribution in [0.25, 0.3) is 0 Å². The summed E-state index contributed by atoms with van der Waals surface area (Å²) in [6.07, 6.45) is 1.79. The van der Waals surface area contributed by atoms with Crippen LogP contribution in [-0.4, -0.2) is 9.91 Å². The van der Waals surface area contributed by atoms with Gasteiger partial charge in [0.2, 0.25) is 0 Å². The third-order valence-electron chi connectivity index (χ3n) is 2.62. The predicted molar refractivity (Wildman–Crippen MR) is 77.1 cm³/mol. The molecule has 0 bridgehead atoms.